The summed E-state index contributed by atoms with van der Waals surface area (Å²) >= 11 is 0. The van der Waals surface area contributed by atoms with Crippen molar-refractivity contribution in [1.29, 1.82) is 0 Å². The molecular weight excluding hydrogens is 402 g/mol. The zero-order chi connectivity index (χ0) is 22.6. The topological polar surface area (TPSA) is 92.3 Å². The van der Waals surface area contributed by atoms with Crippen LogP contribution in [0.4, 0.5) is 0 Å². The zero-order valence-electron chi connectivity index (χ0n) is 18.4. The van der Waals surface area contributed by atoms with E-state index in [0.717, 1.165) is 5.56 Å². The molecule has 0 spiro atoms. The van der Waals surface area contributed by atoms with Gasteiger partial charge in [0.05, 0.1) is 33.9 Å². The fourth-order valence-corrected chi connectivity index (χ4v) is 2.81. The lowest BCUT2D eigenvalue weighted by molar-refractivity contribution is -0.147. The minimum atomic E-state index is -0.507. The van der Waals surface area contributed by atoms with Crippen molar-refractivity contribution >= 4 is 11.9 Å². The number of rotatable bonds is 12. The predicted molar refractivity (Wildman–Crippen MR) is 115 cm³/mol. The highest BCUT2D eigenvalue weighted by Crippen LogP contribution is 2.29. The summed E-state index contributed by atoms with van der Waals surface area (Å²) in [6.07, 6.45) is 0.0233. The summed E-state index contributed by atoms with van der Waals surface area (Å²) in [6.45, 7) is 4.66. The molecule has 2 aromatic rings. The Hall–Kier alpha value is -3.42. The van der Waals surface area contributed by atoms with E-state index in [2.05, 4.69) is 5.32 Å². The predicted octanol–water partition coefficient (Wildman–Crippen LogP) is 2.90. The minimum Gasteiger partial charge on any atom is -0.493 e. The molecule has 0 aromatic heterocycles. The maximum absolute atomic E-state index is 12.1. The quantitative estimate of drug-likeness (QED) is 0.517. The number of hydrogen-bond acceptors (Lipinski definition) is 7. The highest BCUT2D eigenvalue weighted by molar-refractivity contribution is 5.81. The molecule has 0 saturated carbocycles. The molecule has 1 N–H and O–H groups in total. The number of hydrogen-bond donors (Lipinski definition) is 1. The number of nitrogens with one attached hydrogen (secondary N) is 1. The Bertz CT molecular complexity index is 882. The molecule has 0 fully saturated rings. The van der Waals surface area contributed by atoms with Crippen LogP contribution in [0.25, 0.3) is 0 Å². The second-order valence-electron chi connectivity index (χ2n) is 6.45. The molecule has 8 heteroatoms. The number of ether oxygens (including phenoxy) is 5. The molecule has 0 atom stereocenters. The Morgan fingerprint density at radius 3 is 2.10 bits per heavy atom. The maximum atomic E-state index is 12.1. The van der Waals surface area contributed by atoms with E-state index in [-0.39, 0.29) is 19.6 Å². The lowest BCUT2D eigenvalue weighted by Gasteiger charge is -2.12. The van der Waals surface area contributed by atoms with Gasteiger partial charge in [0.2, 0.25) is 0 Å². The average Bonchev–Trinajstić information content (AvgIpc) is 2.78. The molecule has 1 amide bonds. The van der Waals surface area contributed by atoms with Gasteiger partial charge in [0.25, 0.3) is 5.91 Å². The molecule has 0 saturated heterocycles. The normalized spacial score (nSPS) is 10.2. The zero-order valence-corrected chi connectivity index (χ0v) is 18.4. The van der Waals surface area contributed by atoms with Gasteiger partial charge in [-0.1, -0.05) is 12.1 Å². The summed E-state index contributed by atoms with van der Waals surface area (Å²) in [7, 11) is 3.10. The van der Waals surface area contributed by atoms with E-state index in [9.17, 15) is 9.59 Å². The molecule has 31 heavy (non-hydrogen) atoms. The Kier molecular flexibility index (Phi) is 9.48. The van der Waals surface area contributed by atoms with Crippen LogP contribution in [-0.4, -0.2) is 45.9 Å². The summed E-state index contributed by atoms with van der Waals surface area (Å²) in [6, 6.07) is 10.6. The summed E-state index contributed by atoms with van der Waals surface area (Å²) in [4.78, 5) is 24.1. The molecule has 0 radical (unpaired) electrons. The van der Waals surface area contributed by atoms with Crippen molar-refractivity contribution in [2.45, 2.75) is 26.8 Å². The van der Waals surface area contributed by atoms with Crippen molar-refractivity contribution in [3.05, 3.63) is 47.5 Å². The van der Waals surface area contributed by atoms with Crippen LogP contribution in [0.2, 0.25) is 0 Å². The van der Waals surface area contributed by atoms with E-state index in [1.807, 2.05) is 19.9 Å². The molecule has 168 valence electrons. The SMILES string of the molecule is CCOc1ccc(CC(=O)OCC(=O)NCc2ccc(OC)c(OC)c2)cc1OCC. The first-order chi connectivity index (χ1) is 15.0. The largest absolute Gasteiger partial charge is 0.493 e. The van der Waals surface area contributed by atoms with Gasteiger partial charge in [0, 0.05) is 6.54 Å². The van der Waals surface area contributed by atoms with Crippen molar-refractivity contribution in [2.24, 2.45) is 0 Å². The van der Waals surface area contributed by atoms with E-state index in [1.54, 1.807) is 44.6 Å². The van der Waals surface area contributed by atoms with Gasteiger partial charge < -0.3 is 29.0 Å². The molecule has 0 bridgehead atoms. The maximum Gasteiger partial charge on any atom is 0.310 e. The van der Waals surface area contributed by atoms with Gasteiger partial charge in [0.1, 0.15) is 0 Å². The van der Waals surface area contributed by atoms with Crippen molar-refractivity contribution in [2.75, 3.05) is 34.0 Å². The first-order valence-corrected chi connectivity index (χ1v) is 10.0. The molecule has 2 aromatic carbocycles. The summed E-state index contributed by atoms with van der Waals surface area (Å²) in [5.74, 6) is 1.46. The van der Waals surface area contributed by atoms with Gasteiger partial charge >= 0.3 is 5.97 Å². The Labute approximate surface area is 182 Å². The van der Waals surface area contributed by atoms with Gasteiger partial charge in [-0.2, -0.15) is 0 Å². The lowest BCUT2D eigenvalue weighted by Crippen LogP contribution is -2.28. The average molecular weight is 431 g/mol. The molecule has 0 aliphatic heterocycles. The summed E-state index contributed by atoms with van der Waals surface area (Å²) < 4.78 is 26.6. The van der Waals surface area contributed by atoms with Crippen molar-refractivity contribution in [1.82, 2.24) is 5.32 Å². The van der Waals surface area contributed by atoms with E-state index in [0.29, 0.717) is 41.8 Å². The monoisotopic (exact) mass is 431 g/mol. The number of methoxy groups -OCH3 is 2. The van der Waals surface area contributed by atoms with Crippen LogP contribution in [0, 0.1) is 0 Å². The van der Waals surface area contributed by atoms with Crippen LogP contribution in [-0.2, 0) is 27.3 Å². The Balaban J connectivity index is 1.83. The first kappa shape index (κ1) is 23.9. The van der Waals surface area contributed by atoms with Gasteiger partial charge in [-0.05, 0) is 49.2 Å². The van der Waals surface area contributed by atoms with Crippen LogP contribution >= 0.6 is 0 Å². The van der Waals surface area contributed by atoms with Gasteiger partial charge in [-0.15, -0.1) is 0 Å². The molecule has 8 nitrogen and oxygen atoms in total. The summed E-state index contributed by atoms with van der Waals surface area (Å²) in [5, 5.41) is 2.71. The number of esters is 1. The van der Waals surface area contributed by atoms with Crippen LogP contribution in [0.1, 0.15) is 25.0 Å². The number of amides is 1. The molecule has 0 aliphatic carbocycles. The van der Waals surface area contributed by atoms with Crippen molar-refractivity contribution in [3.8, 4) is 23.0 Å². The van der Waals surface area contributed by atoms with Crippen molar-refractivity contribution in [3.63, 3.8) is 0 Å². The standard InChI is InChI=1S/C23H29NO7/c1-5-29-19-10-7-16(11-21(19)30-6-2)13-23(26)31-15-22(25)24-14-17-8-9-18(27-3)20(12-17)28-4/h7-12H,5-6,13-15H2,1-4H3,(H,24,25). The third-order valence-corrected chi connectivity index (χ3v) is 4.26. The van der Waals surface area contributed by atoms with Crippen LogP contribution < -0.4 is 24.3 Å². The van der Waals surface area contributed by atoms with Crippen molar-refractivity contribution < 1.29 is 33.3 Å². The molecular formula is C23H29NO7. The van der Waals surface area contributed by atoms with E-state index < -0.39 is 11.9 Å². The number of carbonyl (C=O) groups excluding carboxylic acids is 2. The van der Waals surface area contributed by atoms with E-state index in [4.69, 9.17) is 23.7 Å². The third kappa shape index (κ3) is 7.40. The number of benzene rings is 2. The van der Waals surface area contributed by atoms with Crippen LogP contribution in [0.15, 0.2) is 36.4 Å². The molecule has 0 aliphatic rings. The number of carbonyl (C=O) groups is 2. The molecule has 0 unspecified atom stereocenters. The second kappa shape index (κ2) is 12.3. The second-order valence-corrected chi connectivity index (χ2v) is 6.45. The molecule has 2 rings (SSSR count). The van der Waals surface area contributed by atoms with Gasteiger partial charge in [-0.25, -0.2) is 0 Å². The van der Waals surface area contributed by atoms with Crippen LogP contribution in [0.5, 0.6) is 23.0 Å². The Morgan fingerprint density at radius 2 is 1.42 bits per heavy atom. The molecule has 0 heterocycles. The van der Waals surface area contributed by atoms with E-state index in [1.165, 1.54) is 0 Å². The fourth-order valence-electron chi connectivity index (χ4n) is 2.81. The lowest BCUT2D eigenvalue weighted by atomic mass is 10.1. The Morgan fingerprint density at radius 1 is 0.806 bits per heavy atom. The van der Waals surface area contributed by atoms with Crippen LogP contribution in [0.3, 0.4) is 0 Å². The smallest absolute Gasteiger partial charge is 0.310 e. The van der Waals surface area contributed by atoms with E-state index >= 15 is 0 Å². The highest BCUT2D eigenvalue weighted by atomic mass is 16.5. The third-order valence-electron chi connectivity index (χ3n) is 4.26. The van der Waals surface area contributed by atoms with Gasteiger partial charge in [0.15, 0.2) is 29.6 Å². The first-order valence-electron chi connectivity index (χ1n) is 10.0. The van der Waals surface area contributed by atoms with Gasteiger partial charge in [-0.3, -0.25) is 9.59 Å². The minimum absolute atomic E-state index is 0.0233. The fraction of sp³-hybridized carbons (Fsp3) is 0.391. The summed E-state index contributed by atoms with van der Waals surface area (Å²) in [5.41, 5.74) is 1.54. The highest BCUT2D eigenvalue weighted by Gasteiger charge is 2.12.